The Morgan fingerprint density at radius 3 is 1.45 bits per heavy atom. The molecule has 0 radical (unpaired) electrons. The number of nitrogens with zero attached hydrogens (tertiary/aromatic N) is 3. The number of thiocarbonyl (C=S) groups is 1. The van der Waals surface area contributed by atoms with Gasteiger partial charge in [-0.05, 0) is 60.7 Å². The Morgan fingerprint density at radius 1 is 0.850 bits per heavy atom. The van der Waals surface area contributed by atoms with Gasteiger partial charge in [-0.1, -0.05) is 0 Å². The highest BCUT2D eigenvalue weighted by Gasteiger charge is 2.12. The number of hydrogen-bond acceptors (Lipinski definition) is 3. The van der Waals surface area contributed by atoms with Crippen LogP contribution in [0.5, 0.6) is 0 Å². The summed E-state index contributed by atoms with van der Waals surface area (Å²) in [6, 6.07) is 18.0. The highest BCUT2D eigenvalue weighted by atomic mass is 32.1. The molecule has 20 heavy (non-hydrogen) atoms. The molecule has 0 bridgehead atoms. The molecule has 2 aromatic rings. The Kier molecular flexibility index (Phi) is 3.95. The normalized spacial score (nSPS) is 9.30. The van der Waals surface area contributed by atoms with E-state index in [2.05, 4.69) is 12.1 Å². The van der Waals surface area contributed by atoms with E-state index in [4.69, 9.17) is 28.5 Å². The van der Waals surface area contributed by atoms with Crippen LogP contribution in [0.25, 0.3) is 0 Å². The molecule has 0 spiro atoms. The van der Waals surface area contributed by atoms with Crippen molar-refractivity contribution in [3.8, 4) is 12.1 Å². The second kappa shape index (κ2) is 5.83. The third-order valence-corrected chi connectivity index (χ3v) is 2.91. The van der Waals surface area contributed by atoms with Gasteiger partial charge in [0.25, 0.3) is 0 Å². The maximum absolute atomic E-state index is 8.81. The van der Waals surface area contributed by atoms with E-state index in [9.17, 15) is 0 Å². The van der Waals surface area contributed by atoms with E-state index >= 15 is 0 Å². The van der Waals surface area contributed by atoms with Crippen LogP contribution in [0.4, 0.5) is 11.4 Å². The molecule has 0 saturated carbocycles. The van der Waals surface area contributed by atoms with E-state index in [1.165, 1.54) is 0 Å². The molecule has 2 rings (SSSR count). The van der Waals surface area contributed by atoms with Crippen molar-refractivity contribution in [2.45, 2.75) is 0 Å². The number of hydrogen-bond donors (Lipinski definition) is 1. The Labute approximate surface area is 122 Å². The minimum absolute atomic E-state index is 0.194. The molecule has 0 atom stereocenters. The van der Waals surface area contributed by atoms with Crippen molar-refractivity contribution in [3.05, 3.63) is 59.7 Å². The van der Waals surface area contributed by atoms with Gasteiger partial charge in [0.05, 0.1) is 23.3 Å². The fourth-order valence-corrected chi connectivity index (χ4v) is 1.98. The zero-order chi connectivity index (χ0) is 14.5. The van der Waals surface area contributed by atoms with Gasteiger partial charge in [-0.3, -0.25) is 4.90 Å². The average Bonchev–Trinajstić information content (AvgIpc) is 2.48. The summed E-state index contributed by atoms with van der Waals surface area (Å²) >= 11 is 5.08. The summed E-state index contributed by atoms with van der Waals surface area (Å²) < 4.78 is 0. The summed E-state index contributed by atoms with van der Waals surface area (Å²) in [6.45, 7) is 0. The maximum Gasteiger partial charge on any atom is 0.175 e. The third kappa shape index (κ3) is 2.74. The van der Waals surface area contributed by atoms with Crippen LogP contribution < -0.4 is 10.6 Å². The van der Waals surface area contributed by atoms with Gasteiger partial charge in [0.2, 0.25) is 0 Å². The van der Waals surface area contributed by atoms with Crippen LogP contribution in [-0.4, -0.2) is 5.11 Å². The quantitative estimate of drug-likeness (QED) is 0.855. The molecular weight excluding hydrogens is 268 g/mol. The Hall–Kier alpha value is -2.89. The molecule has 0 unspecified atom stereocenters. The zero-order valence-corrected chi connectivity index (χ0v) is 11.3. The van der Waals surface area contributed by atoms with Crippen LogP contribution in [-0.2, 0) is 0 Å². The summed E-state index contributed by atoms with van der Waals surface area (Å²) in [4.78, 5) is 1.68. The summed E-state index contributed by atoms with van der Waals surface area (Å²) in [5, 5.41) is 17.8. The third-order valence-electron chi connectivity index (χ3n) is 2.73. The molecule has 0 heterocycles. The van der Waals surface area contributed by atoms with Crippen molar-refractivity contribution >= 4 is 28.7 Å². The first kappa shape index (κ1) is 13.5. The lowest BCUT2D eigenvalue weighted by Crippen LogP contribution is -2.31. The predicted octanol–water partition coefficient (Wildman–Crippen LogP) is 2.81. The number of nitrogens with two attached hydrogens (primary N) is 1. The molecule has 2 N–H and O–H groups in total. The Morgan fingerprint density at radius 2 is 1.20 bits per heavy atom. The number of anilines is 2. The molecule has 0 fully saturated rings. The smallest absolute Gasteiger partial charge is 0.175 e. The largest absolute Gasteiger partial charge is 0.376 e. The van der Waals surface area contributed by atoms with Crippen molar-refractivity contribution in [3.63, 3.8) is 0 Å². The van der Waals surface area contributed by atoms with Gasteiger partial charge < -0.3 is 5.73 Å². The van der Waals surface area contributed by atoms with E-state index in [-0.39, 0.29) is 5.11 Å². The molecule has 0 amide bonds. The van der Waals surface area contributed by atoms with Crippen molar-refractivity contribution in [1.29, 1.82) is 10.5 Å². The fraction of sp³-hybridized carbons (Fsp3) is 0. The van der Waals surface area contributed by atoms with E-state index in [1.807, 2.05) is 0 Å². The molecular formula is C15H10N4S. The van der Waals surface area contributed by atoms with Gasteiger partial charge in [0.1, 0.15) is 0 Å². The number of benzene rings is 2. The molecule has 0 aliphatic carbocycles. The van der Waals surface area contributed by atoms with E-state index in [0.29, 0.717) is 11.1 Å². The topological polar surface area (TPSA) is 76.8 Å². The molecule has 0 saturated heterocycles. The fourth-order valence-electron chi connectivity index (χ4n) is 1.77. The molecule has 4 nitrogen and oxygen atoms in total. The predicted molar refractivity (Wildman–Crippen MR) is 81.2 cm³/mol. The van der Waals surface area contributed by atoms with Gasteiger partial charge in [-0.15, -0.1) is 0 Å². The van der Waals surface area contributed by atoms with E-state index < -0.39 is 0 Å². The van der Waals surface area contributed by atoms with Crippen molar-refractivity contribution in [1.82, 2.24) is 0 Å². The lowest BCUT2D eigenvalue weighted by atomic mass is 10.1. The van der Waals surface area contributed by atoms with Crippen LogP contribution in [0.3, 0.4) is 0 Å². The van der Waals surface area contributed by atoms with Crippen molar-refractivity contribution in [2.24, 2.45) is 5.73 Å². The minimum Gasteiger partial charge on any atom is -0.376 e. The number of nitriles is 2. The van der Waals surface area contributed by atoms with Crippen LogP contribution in [0.2, 0.25) is 0 Å². The first-order chi connectivity index (χ1) is 9.65. The lowest BCUT2D eigenvalue weighted by molar-refractivity contribution is 1.33. The summed E-state index contributed by atoms with van der Waals surface area (Å²) in [7, 11) is 0. The van der Waals surface area contributed by atoms with Crippen LogP contribution in [0.1, 0.15) is 11.1 Å². The molecule has 2 aromatic carbocycles. The Balaban J connectivity index is 2.42. The Bertz CT molecular complexity index is 648. The zero-order valence-electron chi connectivity index (χ0n) is 10.4. The van der Waals surface area contributed by atoms with Gasteiger partial charge in [0.15, 0.2) is 5.11 Å². The molecule has 0 aromatic heterocycles. The van der Waals surface area contributed by atoms with E-state index in [0.717, 1.165) is 11.4 Å². The van der Waals surface area contributed by atoms with Crippen molar-refractivity contribution in [2.75, 3.05) is 4.90 Å². The second-order valence-corrected chi connectivity index (χ2v) is 4.41. The lowest BCUT2D eigenvalue weighted by Gasteiger charge is -2.23. The molecule has 96 valence electrons. The number of rotatable bonds is 2. The van der Waals surface area contributed by atoms with Gasteiger partial charge in [-0.2, -0.15) is 10.5 Å². The summed E-state index contributed by atoms with van der Waals surface area (Å²) in [5.74, 6) is 0. The van der Waals surface area contributed by atoms with Crippen molar-refractivity contribution < 1.29 is 0 Å². The maximum atomic E-state index is 8.81. The van der Waals surface area contributed by atoms with Gasteiger partial charge in [-0.25, -0.2) is 0 Å². The highest BCUT2D eigenvalue weighted by molar-refractivity contribution is 7.80. The molecule has 0 aliphatic heterocycles. The van der Waals surface area contributed by atoms with Gasteiger partial charge in [0, 0.05) is 11.4 Å². The highest BCUT2D eigenvalue weighted by Crippen LogP contribution is 2.25. The summed E-state index contributed by atoms with van der Waals surface area (Å²) in [5.41, 5.74) is 8.43. The van der Waals surface area contributed by atoms with Crippen LogP contribution >= 0.6 is 12.2 Å². The first-order valence-electron chi connectivity index (χ1n) is 5.75. The summed E-state index contributed by atoms with van der Waals surface area (Å²) in [6.07, 6.45) is 0. The van der Waals surface area contributed by atoms with E-state index in [1.54, 1.807) is 53.4 Å². The van der Waals surface area contributed by atoms with Crippen LogP contribution in [0, 0.1) is 22.7 Å². The van der Waals surface area contributed by atoms with Crippen LogP contribution in [0.15, 0.2) is 48.5 Å². The minimum atomic E-state index is 0.194. The monoisotopic (exact) mass is 278 g/mol. The average molecular weight is 278 g/mol. The standard InChI is InChI=1S/C15H10N4S/c16-9-11-1-5-13(6-2-11)19(15(18)20)14-7-3-12(10-17)4-8-14/h1-8H,(H2,18,20). The SMILES string of the molecule is N#Cc1ccc(N(C(N)=S)c2ccc(C#N)cc2)cc1. The van der Waals surface area contributed by atoms with Gasteiger partial charge >= 0.3 is 0 Å². The second-order valence-electron chi connectivity index (χ2n) is 3.99. The molecule has 0 aliphatic rings. The molecule has 5 heteroatoms. The first-order valence-corrected chi connectivity index (χ1v) is 6.16.